The van der Waals surface area contributed by atoms with E-state index in [2.05, 4.69) is 18.9 Å². The van der Waals surface area contributed by atoms with Crippen LogP contribution in [0.4, 0.5) is 5.69 Å². The molecule has 0 fully saturated rings. The van der Waals surface area contributed by atoms with Crippen LogP contribution in [0.5, 0.6) is 17.2 Å². The van der Waals surface area contributed by atoms with Crippen molar-refractivity contribution in [2.24, 2.45) is 5.10 Å². The predicted molar refractivity (Wildman–Crippen MR) is 185 cm³/mol. The number of aryl methyl sites for hydroxylation is 1. The lowest BCUT2D eigenvalue weighted by Gasteiger charge is -2.18. The molecule has 0 N–H and O–H groups in total. The number of methoxy groups -OCH3 is 1. The minimum atomic E-state index is -0.573. The topological polar surface area (TPSA) is 118 Å². The number of ether oxygens (including phenoxy) is 3. The number of benzene rings is 4. The van der Waals surface area contributed by atoms with E-state index in [1.54, 1.807) is 42.5 Å². The van der Waals surface area contributed by atoms with Crippen molar-refractivity contribution in [3.05, 3.63) is 119 Å². The molecule has 4 aromatic carbocycles. The number of hydrogen-bond donors (Lipinski definition) is 0. The zero-order valence-corrected chi connectivity index (χ0v) is 27.9. The van der Waals surface area contributed by atoms with Crippen LogP contribution in [0.1, 0.15) is 48.9 Å². The summed E-state index contributed by atoms with van der Waals surface area (Å²) in [6.45, 7) is 8.46. The predicted octanol–water partition coefficient (Wildman–Crippen LogP) is 8.58. The zero-order chi connectivity index (χ0) is 33.8. The minimum Gasteiger partial charge on any atom is -0.494 e. The Morgan fingerprint density at radius 3 is 2.47 bits per heavy atom. The highest BCUT2D eigenvalue weighted by Crippen LogP contribution is 2.39. The van der Waals surface area contributed by atoms with Gasteiger partial charge in [0.15, 0.2) is 11.6 Å². The maximum Gasteiger partial charge on any atom is 0.315 e. The molecule has 10 nitrogen and oxygen atoms in total. The summed E-state index contributed by atoms with van der Waals surface area (Å²) in [4.78, 5) is 30.3. The Morgan fingerprint density at radius 2 is 1.79 bits per heavy atom. The van der Waals surface area contributed by atoms with Gasteiger partial charge in [-0.3, -0.25) is 14.9 Å². The lowest BCUT2D eigenvalue weighted by atomic mass is 9.96. The smallest absolute Gasteiger partial charge is 0.315 e. The summed E-state index contributed by atoms with van der Waals surface area (Å²) in [7, 11) is 1.38. The monoisotopic (exact) mass is 674 g/mol. The molecule has 5 rings (SSSR count). The number of nitrogens with zero attached hydrogens (tertiary/aromatic N) is 4. The zero-order valence-electron chi connectivity index (χ0n) is 26.4. The number of fused-ring (bicyclic) bond motifs is 1. The molecule has 0 aliphatic carbocycles. The lowest BCUT2D eigenvalue weighted by molar-refractivity contribution is -0.386. The number of aromatic nitrogens is 2. The highest BCUT2D eigenvalue weighted by atomic mass is 35.5. The minimum absolute atomic E-state index is 0.0250. The van der Waals surface area contributed by atoms with E-state index in [-0.39, 0.29) is 29.7 Å². The molecule has 0 amide bonds. The van der Waals surface area contributed by atoms with Crippen molar-refractivity contribution in [1.29, 1.82) is 0 Å². The maximum atomic E-state index is 13.9. The molecule has 0 aliphatic rings. The first-order chi connectivity index (χ1) is 22.5. The molecule has 5 aromatic rings. The summed E-state index contributed by atoms with van der Waals surface area (Å²) in [5.74, 6) is 1.25. The molecule has 0 unspecified atom stereocenters. The third-order valence-electron chi connectivity index (χ3n) is 7.44. The standard InChI is InChI=1S/C35H32Cl2N4O6/c1-6-46-31-13-21(4)26(17-25(31)20(2)3)34-39-29-10-8-7-9-24(29)35(42)40(34)38-18-23-15-30(41(43)44)33(32(16-23)45-5)47-19-22-11-12-27(36)28(37)14-22/h7-18,20H,6,19H2,1-5H3. The third-order valence-corrected chi connectivity index (χ3v) is 8.18. The number of halogens is 2. The van der Waals surface area contributed by atoms with Crippen LogP contribution in [0.25, 0.3) is 22.3 Å². The second-order valence-electron chi connectivity index (χ2n) is 11.0. The van der Waals surface area contributed by atoms with E-state index >= 15 is 0 Å². The summed E-state index contributed by atoms with van der Waals surface area (Å²) < 4.78 is 18.4. The van der Waals surface area contributed by atoms with Crippen LogP contribution in [0.2, 0.25) is 10.0 Å². The normalized spacial score (nSPS) is 11.4. The Labute approximate surface area is 281 Å². The third kappa shape index (κ3) is 7.08. The highest BCUT2D eigenvalue weighted by Gasteiger charge is 2.23. The van der Waals surface area contributed by atoms with Crippen LogP contribution in [0.3, 0.4) is 0 Å². The Morgan fingerprint density at radius 1 is 1.02 bits per heavy atom. The van der Waals surface area contributed by atoms with Gasteiger partial charge in [-0.15, -0.1) is 0 Å². The molecule has 0 aliphatic heterocycles. The molecule has 0 radical (unpaired) electrons. The number of hydrogen-bond acceptors (Lipinski definition) is 8. The summed E-state index contributed by atoms with van der Waals surface area (Å²) in [6, 6.07) is 18.7. The molecular formula is C35H32Cl2N4O6. The number of para-hydroxylation sites is 1. The SMILES string of the molecule is CCOc1cc(C)c(-c2nc3ccccc3c(=O)n2N=Cc2cc(OC)c(OCc3ccc(Cl)c(Cl)c3)c([N+](=O)[O-])c2)cc1C(C)C. The van der Waals surface area contributed by atoms with Crippen LogP contribution in [-0.2, 0) is 6.61 Å². The maximum absolute atomic E-state index is 13.9. The van der Waals surface area contributed by atoms with E-state index in [0.717, 1.165) is 16.9 Å². The van der Waals surface area contributed by atoms with Crippen LogP contribution in [0.15, 0.2) is 76.6 Å². The summed E-state index contributed by atoms with van der Waals surface area (Å²) in [6.07, 6.45) is 1.35. The second kappa shape index (κ2) is 14.2. The van der Waals surface area contributed by atoms with Gasteiger partial charge in [-0.25, -0.2) is 4.98 Å². The van der Waals surface area contributed by atoms with Gasteiger partial charge in [0.05, 0.1) is 45.8 Å². The van der Waals surface area contributed by atoms with Gasteiger partial charge in [-0.2, -0.15) is 9.78 Å². The molecule has 0 bridgehead atoms. The van der Waals surface area contributed by atoms with Crippen molar-refractivity contribution >= 4 is 46.0 Å². The van der Waals surface area contributed by atoms with Gasteiger partial charge >= 0.3 is 5.69 Å². The highest BCUT2D eigenvalue weighted by molar-refractivity contribution is 6.42. The number of nitro benzene ring substituents is 1. The van der Waals surface area contributed by atoms with Gasteiger partial charge < -0.3 is 14.2 Å². The quantitative estimate of drug-likeness (QED) is 0.0782. The van der Waals surface area contributed by atoms with Gasteiger partial charge in [0.2, 0.25) is 5.75 Å². The Hall–Kier alpha value is -4.93. The van der Waals surface area contributed by atoms with E-state index in [4.69, 9.17) is 42.4 Å². The molecular weight excluding hydrogens is 643 g/mol. The van der Waals surface area contributed by atoms with Crippen LogP contribution < -0.4 is 19.8 Å². The molecule has 0 atom stereocenters. The number of nitro groups is 1. The fourth-order valence-corrected chi connectivity index (χ4v) is 5.42. The van der Waals surface area contributed by atoms with Crippen molar-refractivity contribution in [2.45, 2.75) is 40.2 Å². The molecule has 1 aromatic heterocycles. The Balaban J connectivity index is 1.62. The first kappa shape index (κ1) is 33.4. The second-order valence-corrected chi connectivity index (χ2v) is 11.8. The molecule has 12 heteroatoms. The average Bonchev–Trinajstić information content (AvgIpc) is 3.04. The van der Waals surface area contributed by atoms with E-state index in [1.807, 2.05) is 32.0 Å². The largest absolute Gasteiger partial charge is 0.494 e. The van der Waals surface area contributed by atoms with Gasteiger partial charge in [0.1, 0.15) is 12.4 Å². The van der Waals surface area contributed by atoms with Gasteiger partial charge in [0.25, 0.3) is 5.56 Å². The van der Waals surface area contributed by atoms with E-state index < -0.39 is 10.5 Å². The van der Waals surface area contributed by atoms with Crippen molar-refractivity contribution < 1.29 is 19.1 Å². The molecule has 242 valence electrons. The fraction of sp³-hybridized carbons (Fsp3) is 0.229. The van der Waals surface area contributed by atoms with Crippen molar-refractivity contribution in [3.8, 4) is 28.6 Å². The lowest BCUT2D eigenvalue weighted by Crippen LogP contribution is -2.21. The molecule has 47 heavy (non-hydrogen) atoms. The van der Waals surface area contributed by atoms with Crippen LogP contribution >= 0.6 is 23.2 Å². The van der Waals surface area contributed by atoms with Crippen LogP contribution in [-0.4, -0.2) is 34.5 Å². The fourth-order valence-electron chi connectivity index (χ4n) is 5.10. The Bertz CT molecular complexity index is 2080. The van der Waals surface area contributed by atoms with Crippen molar-refractivity contribution in [3.63, 3.8) is 0 Å². The first-order valence-corrected chi connectivity index (χ1v) is 15.5. The Kier molecular flexibility index (Phi) is 10.1. The summed E-state index contributed by atoms with van der Waals surface area (Å²) in [5.41, 5.74) is 3.22. The molecule has 1 heterocycles. The van der Waals surface area contributed by atoms with Gasteiger partial charge in [-0.1, -0.05) is 55.2 Å². The van der Waals surface area contributed by atoms with E-state index in [0.29, 0.717) is 50.1 Å². The van der Waals surface area contributed by atoms with Crippen LogP contribution in [0, 0.1) is 17.0 Å². The van der Waals surface area contributed by atoms with Crippen molar-refractivity contribution in [1.82, 2.24) is 9.66 Å². The first-order valence-electron chi connectivity index (χ1n) is 14.8. The van der Waals surface area contributed by atoms with E-state index in [9.17, 15) is 14.9 Å². The van der Waals surface area contributed by atoms with Gasteiger partial charge in [0, 0.05) is 17.2 Å². The van der Waals surface area contributed by atoms with E-state index in [1.165, 1.54) is 24.1 Å². The molecule has 0 saturated heterocycles. The molecule has 0 saturated carbocycles. The number of rotatable bonds is 11. The van der Waals surface area contributed by atoms with Gasteiger partial charge in [-0.05, 0) is 78.9 Å². The summed E-state index contributed by atoms with van der Waals surface area (Å²) >= 11 is 12.1. The molecule has 0 spiro atoms. The average molecular weight is 676 g/mol. The summed E-state index contributed by atoms with van der Waals surface area (Å²) in [5, 5.41) is 17.8. The van der Waals surface area contributed by atoms with Crippen molar-refractivity contribution in [2.75, 3.05) is 13.7 Å².